The number of para-hydroxylation sites is 1. The second-order valence-corrected chi connectivity index (χ2v) is 6.86. The van der Waals surface area contributed by atoms with Crippen molar-refractivity contribution in [1.82, 2.24) is 14.9 Å². The number of hydrogen-bond acceptors (Lipinski definition) is 5. The van der Waals surface area contributed by atoms with E-state index < -0.39 is 0 Å². The van der Waals surface area contributed by atoms with Crippen LogP contribution in [-0.2, 0) is 6.54 Å². The molecular weight excluding hydrogens is 336 g/mol. The molecule has 5 heteroatoms. The molecule has 3 aromatic rings. The molecule has 1 fully saturated rings. The summed E-state index contributed by atoms with van der Waals surface area (Å²) in [6.07, 6.45) is 5.78. The lowest BCUT2D eigenvalue weighted by molar-refractivity contribution is 0.208. The Hall–Kier alpha value is -2.92. The normalized spacial score (nSPS) is 17.4. The highest BCUT2D eigenvalue weighted by Crippen LogP contribution is 2.21. The molecule has 1 saturated heterocycles. The molecule has 1 atom stereocenters. The average Bonchev–Trinajstić information content (AvgIpc) is 2.71. The lowest BCUT2D eigenvalue weighted by Gasteiger charge is -2.33. The Balaban J connectivity index is 1.32. The van der Waals surface area contributed by atoms with Crippen LogP contribution in [0.3, 0.4) is 0 Å². The summed E-state index contributed by atoms with van der Waals surface area (Å²) < 4.78 is 5.66. The van der Waals surface area contributed by atoms with Crippen LogP contribution in [0.15, 0.2) is 73.1 Å². The van der Waals surface area contributed by atoms with Crippen molar-refractivity contribution in [2.45, 2.75) is 25.4 Å². The lowest BCUT2D eigenvalue weighted by Crippen LogP contribution is -2.41. The number of ether oxygens (including phenoxy) is 1. The van der Waals surface area contributed by atoms with Crippen molar-refractivity contribution in [1.29, 1.82) is 0 Å². The third-order valence-electron chi connectivity index (χ3n) is 4.73. The van der Waals surface area contributed by atoms with Gasteiger partial charge in [-0.25, -0.2) is 9.97 Å². The molecule has 2 aromatic carbocycles. The van der Waals surface area contributed by atoms with Crippen LogP contribution in [0.1, 0.15) is 18.4 Å². The van der Waals surface area contributed by atoms with Crippen LogP contribution in [0.4, 0.5) is 5.69 Å². The Morgan fingerprint density at radius 2 is 1.74 bits per heavy atom. The Morgan fingerprint density at radius 1 is 0.963 bits per heavy atom. The lowest BCUT2D eigenvalue weighted by atomic mass is 10.0. The van der Waals surface area contributed by atoms with Crippen LogP contribution in [0.2, 0.25) is 0 Å². The summed E-state index contributed by atoms with van der Waals surface area (Å²) in [7, 11) is 0. The first kappa shape index (κ1) is 17.5. The van der Waals surface area contributed by atoms with Crippen molar-refractivity contribution >= 4 is 5.69 Å². The monoisotopic (exact) mass is 360 g/mol. The maximum Gasteiger partial charge on any atom is 0.321 e. The van der Waals surface area contributed by atoms with Gasteiger partial charge in [0.15, 0.2) is 0 Å². The van der Waals surface area contributed by atoms with Gasteiger partial charge in [0, 0.05) is 37.2 Å². The fraction of sp³-hybridized carbons (Fsp3) is 0.273. The number of aromatic nitrogens is 2. The van der Waals surface area contributed by atoms with Crippen LogP contribution in [0.25, 0.3) is 0 Å². The molecule has 138 valence electrons. The van der Waals surface area contributed by atoms with Gasteiger partial charge >= 0.3 is 6.01 Å². The smallest absolute Gasteiger partial charge is 0.321 e. The molecule has 0 saturated carbocycles. The Morgan fingerprint density at radius 3 is 2.52 bits per heavy atom. The van der Waals surface area contributed by atoms with Crippen molar-refractivity contribution in [3.05, 3.63) is 78.6 Å². The van der Waals surface area contributed by atoms with E-state index in [4.69, 9.17) is 4.74 Å². The molecule has 1 aromatic heterocycles. The highest BCUT2D eigenvalue weighted by molar-refractivity contribution is 5.43. The van der Waals surface area contributed by atoms with Crippen LogP contribution in [-0.4, -0.2) is 34.0 Å². The van der Waals surface area contributed by atoms with Gasteiger partial charge in [-0.2, -0.15) is 0 Å². The van der Waals surface area contributed by atoms with E-state index in [1.165, 1.54) is 24.1 Å². The van der Waals surface area contributed by atoms with Gasteiger partial charge in [0.05, 0.1) is 0 Å². The highest BCUT2D eigenvalue weighted by atomic mass is 16.5. The molecule has 0 bridgehead atoms. The molecule has 5 nitrogen and oxygen atoms in total. The zero-order valence-corrected chi connectivity index (χ0v) is 15.3. The van der Waals surface area contributed by atoms with Gasteiger partial charge in [-0.1, -0.05) is 30.3 Å². The van der Waals surface area contributed by atoms with E-state index in [0.29, 0.717) is 12.1 Å². The zero-order chi connectivity index (χ0) is 18.3. The Kier molecular flexibility index (Phi) is 5.60. The number of nitrogens with one attached hydrogen (secondary N) is 1. The van der Waals surface area contributed by atoms with Gasteiger partial charge in [-0.3, -0.25) is 4.90 Å². The van der Waals surface area contributed by atoms with Crippen molar-refractivity contribution in [3.63, 3.8) is 0 Å². The molecular formula is C22H24N4O. The van der Waals surface area contributed by atoms with Crippen molar-refractivity contribution in [3.8, 4) is 11.8 Å². The Labute approximate surface area is 160 Å². The van der Waals surface area contributed by atoms with Crippen molar-refractivity contribution in [2.75, 3.05) is 18.4 Å². The van der Waals surface area contributed by atoms with E-state index in [-0.39, 0.29) is 0 Å². The predicted molar refractivity (Wildman–Crippen MR) is 107 cm³/mol. The summed E-state index contributed by atoms with van der Waals surface area (Å²) >= 11 is 0. The molecule has 1 aliphatic rings. The maximum atomic E-state index is 5.66. The molecule has 1 aliphatic heterocycles. The molecule has 0 spiro atoms. The van der Waals surface area contributed by atoms with Gasteiger partial charge in [-0.15, -0.1) is 0 Å². The van der Waals surface area contributed by atoms with E-state index in [9.17, 15) is 0 Å². The molecule has 0 aliphatic carbocycles. The number of anilines is 1. The minimum atomic E-state index is 0.371. The molecule has 27 heavy (non-hydrogen) atoms. The summed E-state index contributed by atoms with van der Waals surface area (Å²) in [5.41, 5.74) is 2.49. The minimum Gasteiger partial charge on any atom is -0.424 e. The molecule has 0 radical (unpaired) electrons. The highest BCUT2D eigenvalue weighted by Gasteiger charge is 2.19. The summed E-state index contributed by atoms with van der Waals surface area (Å²) in [5, 5.41) is 3.66. The van der Waals surface area contributed by atoms with Gasteiger partial charge in [-0.05, 0) is 55.3 Å². The van der Waals surface area contributed by atoms with E-state index >= 15 is 0 Å². The summed E-state index contributed by atoms with van der Waals surface area (Å²) in [4.78, 5) is 10.7. The fourth-order valence-electron chi connectivity index (χ4n) is 3.45. The van der Waals surface area contributed by atoms with Gasteiger partial charge in [0.1, 0.15) is 5.75 Å². The Bertz CT molecular complexity index is 824. The number of hydrogen-bond donors (Lipinski definition) is 1. The van der Waals surface area contributed by atoms with Gasteiger partial charge in [0.2, 0.25) is 0 Å². The molecule has 4 rings (SSSR count). The third-order valence-corrected chi connectivity index (χ3v) is 4.73. The first-order valence-electron chi connectivity index (χ1n) is 9.43. The average molecular weight is 360 g/mol. The van der Waals surface area contributed by atoms with Crippen LogP contribution >= 0.6 is 0 Å². The van der Waals surface area contributed by atoms with Crippen LogP contribution in [0.5, 0.6) is 11.8 Å². The molecule has 1 unspecified atom stereocenters. The van der Waals surface area contributed by atoms with Crippen LogP contribution in [0, 0.1) is 0 Å². The van der Waals surface area contributed by atoms with E-state index in [1.54, 1.807) is 18.5 Å². The fourth-order valence-corrected chi connectivity index (χ4v) is 3.45. The van der Waals surface area contributed by atoms with Crippen molar-refractivity contribution < 1.29 is 4.74 Å². The predicted octanol–water partition coefficient (Wildman–Crippen LogP) is 4.35. The number of piperidine rings is 1. The van der Waals surface area contributed by atoms with E-state index in [2.05, 4.69) is 62.6 Å². The number of rotatable bonds is 6. The first-order valence-corrected chi connectivity index (χ1v) is 9.43. The maximum absolute atomic E-state index is 5.66. The largest absolute Gasteiger partial charge is 0.424 e. The zero-order valence-electron chi connectivity index (χ0n) is 15.3. The standard InChI is InChI=1S/C22H24N4O/c1-2-6-19(7-3-1)25-20-8-4-15-26(17-20)16-18-9-11-21(12-10-18)27-22-23-13-5-14-24-22/h1-3,5-7,9-14,20,25H,4,8,15-17H2. The van der Waals surface area contributed by atoms with E-state index in [0.717, 1.165) is 25.4 Å². The number of nitrogens with zero attached hydrogens (tertiary/aromatic N) is 3. The molecule has 0 amide bonds. The summed E-state index contributed by atoms with van der Waals surface area (Å²) in [5.74, 6) is 0.757. The quantitative estimate of drug-likeness (QED) is 0.708. The third kappa shape index (κ3) is 5.05. The molecule has 1 N–H and O–H groups in total. The first-order chi connectivity index (χ1) is 13.3. The van der Waals surface area contributed by atoms with Gasteiger partial charge in [0.25, 0.3) is 0 Å². The topological polar surface area (TPSA) is 50.3 Å². The van der Waals surface area contributed by atoms with Crippen LogP contribution < -0.4 is 10.1 Å². The second-order valence-electron chi connectivity index (χ2n) is 6.86. The van der Waals surface area contributed by atoms with E-state index in [1.807, 2.05) is 12.1 Å². The van der Waals surface area contributed by atoms with Crippen molar-refractivity contribution in [2.24, 2.45) is 0 Å². The minimum absolute atomic E-state index is 0.371. The number of benzene rings is 2. The number of likely N-dealkylation sites (tertiary alicyclic amines) is 1. The molecule has 2 heterocycles. The summed E-state index contributed by atoms with van der Waals surface area (Å²) in [6.45, 7) is 3.16. The second kappa shape index (κ2) is 8.64. The van der Waals surface area contributed by atoms with Gasteiger partial charge < -0.3 is 10.1 Å². The summed E-state index contributed by atoms with van der Waals surface area (Å²) in [6, 6.07) is 21.3. The SMILES string of the molecule is c1ccc(NC2CCCN(Cc3ccc(Oc4ncccn4)cc3)C2)cc1.